The Bertz CT molecular complexity index is 948. The van der Waals surface area contributed by atoms with E-state index in [1.54, 1.807) is 6.20 Å². The second kappa shape index (κ2) is 10.4. The third-order valence-corrected chi connectivity index (χ3v) is 7.53. The summed E-state index contributed by atoms with van der Waals surface area (Å²) >= 11 is 0. The number of hydrogen-bond acceptors (Lipinski definition) is 4. The maximum Gasteiger partial charge on any atom is 0.251 e. The van der Waals surface area contributed by atoms with Crippen molar-refractivity contribution in [3.63, 3.8) is 0 Å². The molecule has 1 aromatic heterocycles. The van der Waals surface area contributed by atoms with Crippen molar-refractivity contribution in [1.29, 1.82) is 0 Å². The molecule has 0 spiro atoms. The number of rotatable bonds is 7. The quantitative estimate of drug-likeness (QED) is 0.610. The zero-order chi connectivity index (χ0) is 23.5. The summed E-state index contributed by atoms with van der Waals surface area (Å²) in [4.78, 5) is 20.1. The van der Waals surface area contributed by atoms with Crippen LogP contribution >= 0.6 is 0 Å². The van der Waals surface area contributed by atoms with Crippen molar-refractivity contribution in [3.05, 3.63) is 64.5 Å². The summed E-state index contributed by atoms with van der Waals surface area (Å²) in [5.74, 6) is 2.02. The third-order valence-electron chi connectivity index (χ3n) is 7.53. The molecule has 4 rings (SSSR count). The second-order valence-corrected chi connectivity index (χ2v) is 10.6. The normalized spacial score (nSPS) is 24.0. The molecule has 1 aromatic carbocycles. The summed E-state index contributed by atoms with van der Waals surface area (Å²) in [6.45, 7) is 10.8. The largest absolute Gasteiger partial charge is 0.394 e. The molecule has 2 atom stereocenters. The van der Waals surface area contributed by atoms with Crippen molar-refractivity contribution in [2.45, 2.75) is 72.0 Å². The van der Waals surface area contributed by atoms with Gasteiger partial charge in [0.05, 0.1) is 18.3 Å². The van der Waals surface area contributed by atoms with Crippen LogP contribution in [-0.4, -0.2) is 34.0 Å². The van der Waals surface area contributed by atoms with Crippen LogP contribution in [-0.2, 0) is 6.54 Å². The van der Waals surface area contributed by atoms with E-state index in [9.17, 15) is 9.90 Å². The van der Waals surface area contributed by atoms with Gasteiger partial charge in [0, 0.05) is 30.9 Å². The molecule has 0 saturated heterocycles. The van der Waals surface area contributed by atoms with Crippen molar-refractivity contribution < 1.29 is 9.90 Å². The fourth-order valence-corrected chi connectivity index (χ4v) is 5.63. The minimum atomic E-state index is -0.514. The SMILES string of the molecule is Cc1ccc([C@@H](CO)NC(=O)c2ccc3c(c2)CN(C[C@H]2CC[C@H](C)CC2)[C@@H]3C(C)C)nc1. The molecule has 0 bridgehead atoms. The van der Waals surface area contributed by atoms with E-state index < -0.39 is 6.04 Å². The topological polar surface area (TPSA) is 65.5 Å². The van der Waals surface area contributed by atoms with Crippen LogP contribution in [0.3, 0.4) is 0 Å². The molecule has 0 radical (unpaired) electrons. The standard InChI is InChI=1S/C28H39N3O2/c1-18(2)27-24-11-10-22(28(33)30-26(17-32)25-12-7-20(4)14-29-25)13-23(24)16-31(27)15-21-8-5-19(3)6-9-21/h7,10-14,18-19,21,26-27,32H,5-6,8-9,15-17H2,1-4H3,(H,30,33)/t19-,21-,26-,27-/m1/s1. The molecule has 1 saturated carbocycles. The highest BCUT2D eigenvalue weighted by Gasteiger charge is 2.34. The van der Waals surface area contributed by atoms with Crippen molar-refractivity contribution in [2.24, 2.45) is 17.8 Å². The molecule has 1 fully saturated rings. The Labute approximate surface area is 198 Å². The summed E-state index contributed by atoms with van der Waals surface area (Å²) in [7, 11) is 0. The van der Waals surface area contributed by atoms with Crippen molar-refractivity contribution in [3.8, 4) is 0 Å². The van der Waals surface area contributed by atoms with Gasteiger partial charge in [0.2, 0.25) is 0 Å². The maximum absolute atomic E-state index is 13.0. The number of amides is 1. The molecule has 1 amide bonds. The summed E-state index contributed by atoms with van der Waals surface area (Å²) in [6, 6.07) is 9.84. The number of aryl methyl sites for hydroxylation is 1. The lowest BCUT2D eigenvalue weighted by atomic mass is 9.82. The van der Waals surface area contributed by atoms with Gasteiger partial charge in [0.25, 0.3) is 5.91 Å². The molecular formula is C28H39N3O2. The molecule has 33 heavy (non-hydrogen) atoms. The molecule has 178 valence electrons. The van der Waals surface area contributed by atoms with Gasteiger partial charge in [-0.15, -0.1) is 0 Å². The zero-order valence-corrected chi connectivity index (χ0v) is 20.6. The van der Waals surface area contributed by atoms with E-state index in [2.05, 4.69) is 48.1 Å². The van der Waals surface area contributed by atoms with Gasteiger partial charge >= 0.3 is 0 Å². The first-order chi connectivity index (χ1) is 15.9. The average Bonchev–Trinajstić information content (AvgIpc) is 3.16. The number of hydrogen-bond donors (Lipinski definition) is 2. The maximum atomic E-state index is 13.0. The molecule has 2 aliphatic rings. The highest BCUT2D eigenvalue weighted by Crippen LogP contribution is 2.41. The van der Waals surface area contributed by atoms with Crippen LogP contribution in [0.1, 0.15) is 91.3 Å². The van der Waals surface area contributed by atoms with Gasteiger partial charge in [-0.25, -0.2) is 0 Å². The smallest absolute Gasteiger partial charge is 0.251 e. The summed E-state index contributed by atoms with van der Waals surface area (Å²) in [5.41, 5.74) is 5.00. The number of carbonyl (C=O) groups excluding carboxylic acids is 1. The van der Waals surface area contributed by atoms with Gasteiger partial charge in [-0.1, -0.05) is 45.7 Å². The molecule has 2 aromatic rings. The summed E-state index contributed by atoms with van der Waals surface area (Å²) in [5, 5.41) is 12.8. The minimum Gasteiger partial charge on any atom is -0.394 e. The minimum absolute atomic E-state index is 0.167. The molecule has 2 heterocycles. The fourth-order valence-electron chi connectivity index (χ4n) is 5.63. The first-order valence-electron chi connectivity index (χ1n) is 12.6. The van der Waals surface area contributed by atoms with E-state index in [0.717, 1.165) is 30.5 Å². The third kappa shape index (κ3) is 5.47. The number of nitrogens with one attached hydrogen (secondary N) is 1. The fraction of sp³-hybridized carbons (Fsp3) is 0.571. The van der Waals surface area contributed by atoms with Crippen LogP contribution in [0.5, 0.6) is 0 Å². The first kappa shape index (κ1) is 23.9. The molecule has 1 aliphatic carbocycles. The van der Waals surface area contributed by atoms with E-state index in [-0.39, 0.29) is 12.5 Å². The second-order valence-electron chi connectivity index (χ2n) is 10.6. The predicted octanol–water partition coefficient (Wildman–Crippen LogP) is 5.19. The van der Waals surface area contributed by atoms with Crippen LogP contribution in [0.15, 0.2) is 36.5 Å². The van der Waals surface area contributed by atoms with Gasteiger partial charge < -0.3 is 10.4 Å². The number of aliphatic hydroxyl groups is 1. The molecule has 5 nitrogen and oxygen atoms in total. The van der Waals surface area contributed by atoms with E-state index in [0.29, 0.717) is 23.2 Å². The lowest BCUT2D eigenvalue weighted by Gasteiger charge is -2.34. The van der Waals surface area contributed by atoms with Crippen LogP contribution in [0.25, 0.3) is 0 Å². The van der Waals surface area contributed by atoms with E-state index in [1.807, 2.05) is 25.1 Å². The lowest BCUT2D eigenvalue weighted by Crippen LogP contribution is -2.32. The number of nitrogens with zero attached hydrogens (tertiary/aromatic N) is 2. The van der Waals surface area contributed by atoms with Gasteiger partial charge in [-0.05, 0) is 72.4 Å². The Morgan fingerprint density at radius 2 is 1.94 bits per heavy atom. The Morgan fingerprint density at radius 1 is 1.18 bits per heavy atom. The number of pyridine rings is 1. The number of aromatic nitrogens is 1. The average molecular weight is 450 g/mol. The van der Waals surface area contributed by atoms with Gasteiger partial charge in [0.15, 0.2) is 0 Å². The Balaban J connectivity index is 1.47. The van der Waals surface area contributed by atoms with Crippen molar-refractivity contribution >= 4 is 5.91 Å². The molecule has 5 heteroatoms. The Kier molecular flexibility index (Phi) is 7.50. The molecule has 1 aliphatic heterocycles. The lowest BCUT2D eigenvalue weighted by molar-refractivity contribution is 0.0914. The number of benzene rings is 1. The van der Waals surface area contributed by atoms with E-state index in [4.69, 9.17) is 0 Å². The summed E-state index contributed by atoms with van der Waals surface area (Å²) in [6.07, 6.45) is 7.13. The predicted molar refractivity (Wildman–Crippen MR) is 132 cm³/mol. The van der Waals surface area contributed by atoms with Gasteiger partial charge in [0.1, 0.15) is 0 Å². The monoisotopic (exact) mass is 449 g/mol. The number of fused-ring (bicyclic) bond motifs is 1. The molecular weight excluding hydrogens is 410 g/mol. The Morgan fingerprint density at radius 3 is 2.58 bits per heavy atom. The van der Waals surface area contributed by atoms with Crippen LogP contribution < -0.4 is 5.32 Å². The summed E-state index contributed by atoms with van der Waals surface area (Å²) < 4.78 is 0. The zero-order valence-electron chi connectivity index (χ0n) is 20.6. The van der Waals surface area contributed by atoms with Crippen LogP contribution in [0, 0.1) is 24.7 Å². The van der Waals surface area contributed by atoms with Gasteiger partial charge in [-0.3, -0.25) is 14.7 Å². The molecule has 0 unspecified atom stereocenters. The number of carbonyl (C=O) groups is 1. The Hall–Kier alpha value is -2.24. The highest BCUT2D eigenvalue weighted by atomic mass is 16.3. The van der Waals surface area contributed by atoms with Crippen LogP contribution in [0.4, 0.5) is 0 Å². The first-order valence-corrected chi connectivity index (χ1v) is 12.6. The van der Waals surface area contributed by atoms with Crippen molar-refractivity contribution in [2.75, 3.05) is 13.2 Å². The van der Waals surface area contributed by atoms with Crippen LogP contribution in [0.2, 0.25) is 0 Å². The van der Waals surface area contributed by atoms with Crippen molar-refractivity contribution in [1.82, 2.24) is 15.2 Å². The molecule has 2 N–H and O–H groups in total. The number of aliphatic hydroxyl groups excluding tert-OH is 1. The highest BCUT2D eigenvalue weighted by molar-refractivity contribution is 5.94. The van der Waals surface area contributed by atoms with E-state index >= 15 is 0 Å². The van der Waals surface area contributed by atoms with E-state index in [1.165, 1.54) is 36.8 Å². The van der Waals surface area contributed by atoms with Gasteiger partial charge in [-0.2, -0.15) is 0 Å².